The number of hydrogen-bond acceptors (Lipinski definition) is 8. The number of benzene rings is 2. The lowest BCUT2D eigenvalue weighted by molar-refractivity contribution is -0.122. The maximum absolute atomic E-state index is 12.2. The van der Waals surface area contributed by atoms with E-state index in [1.54, 1.807) is 19.1 Å². The highest BCUT2D eigenvalue weighted by Crippen LogP contribution is 2.31. The summed E-state index contributed by atoms with van der Waals surface area (Å²) in [7, 11) is 0. The van der Waals surface area contributed by atoms with Gasteiger partial charge in [-0.25, -0.2) is 0 Å². The van der Waals surface area contributed by atoms with E-state index < -0.39 is 6.10 Å². The molecule has 1 aliphatic rings. The third-order valence-electron chi connectivity index (χ3n) is 6.41. The Kier molecular flexibility index (Phi) is 8.21. The zero-order valence-corrected chi connectivity index (χ0v) is 21.7. The molecule has 0 radical (unpaired) electrons. The lowest BCUT2D eigenvalue weighted by atomic mass is 9.93. The Morgan fingerprint density at radius 2 is 2.03 bits per heavy atom. The molecule has 0 fully saturated rings. The summed E-state index contributed by atoms with van der Waals surface area (Å²) in [6.07, 6.45) is 1.06. The Morgan fingerprint density at radius 1 is 1.24 bits per heavy atom. The van der Waals surface area contributed by atoms with Gasteiger partial charge in [0.2, 0.25) is 11.7 Å². The molecule has 1 aliphatic heterocycles. The average molecular weight is 504 g/mol. The van der Waals surface area contributed by atoms with Gasteiger partial charge in [0, 0.05) is 30.8 Å². The number of aliphatic hydroxyl groups excluding tert-OH is 1. The van der Waals surface area contributed by atoms with Crippen LogP contribution in [-0.4, -0.2) is 64.4 Å². The molecule has 0 bridgehead atoms. The fraction of sp³-hybridized carbons (Fsp3) is 0.429. The molecule has 2 aromatic carbocycles. The van der Waals surface area contributed by atoms with Crippen molar-refractivity contribution in [2.75, 3.05) is 26.2 Å². The van der Waals surface area contributed by atoms with Crippen LogP contribution in [0.15, 0.2) is 34.9 Å². The van der Waals surface area contributed by atoms with E-state index in [2.05, 4.69) is 39.4 Å². The standard InChI is InChI=1S/C28H33N5O4/c1-17(2)36-25-8-6-21(13-22(25)14-29)28-31-27(32-37-28)24-7-5-20-9-11-33(12-10-23(20)19(24)4)16-26(35)30-15-18(3)34/h5-8,13,17-18,34H,9-12,15-16H2,1-4H3,(H,30,35)/t18-/m0/s1. The van der Waals surface area contributed by atoms with E-state index >= 15 is 0 Å². The number of nitrogens with one attached hydrogen (secondary N) is 1. The van der Waals surface area contributed by atoms with E-state index in [-0.39, 0.29) is 18.6 Å². The van der Waals surface area contributed by atoms with Crippen molar-refractivity contribution in [3.8, 4) is 34.7 Å². The molecular weight excluding hydrogens is 470 g/mol. The van der Waals surface area contributed by atoms with Crippen molar-refractivity contribution in [3.05, 3.63) is 52.6 Å². The quantitative estimate of drug-likeness (QED) is 0.480. The number of carbonyl (C=O) groups excluding carboxylic acids is 1. The van der Waals surface area contributed by atoms with Crippen LogP contribution in [0.25, 0.3) is 22.8 Å². The first-order valence-electron chi connectivity index (χ1n) is 12.6. The normalized spacial score (nSPS) is 14.5. The van der Waals surface area contributed by atoms with Crippen LogP contribution in [0.1, 0.15) is 43.0 Å². The van der Waals surface area contributed by atoms with E-state index in [9.17, 15) is 15.2 Å². The highest BCUT2D eigenvalue weighted by atomic mass is 16.5. The number of ether oxygens (including phenoxy) is 1. The molecule has 1 atom stereocenters. The summed E-state index contributed by atoms with van der Waals surface area (Å²) in [6, 6.07) is 11.6. The summed E-state index contributed by atoms with van der Waals surface area (Å²) < 4.78 is 11.3. The van der Waals surface area contributed by atoms with Crippen LogP contribution in [-0.2, 0) is 17.6 Å². The summed E-state index contributed by atoms with van der Waals surface area (Å²) in [4.78, 5) is 19.0. The molecule has 1 aromatic heterocycles. The molecule has 9 nitrogen and oxygen atoms in total. The van der Waals surface area contributed by atoms with Gasteiger partial charge in [0.05, 0.1) is 24.3 Å². The second kappa shape index (κ2) is 11.5. The van der Waals surface area contributed by atoms with Crippen LogP contribution in [0.3, 0.4) is 0 Å². The lowest BCUT2D eigenvalue weighted by Crippen LogP contribution is -2.40. The molecule has 4 rings (SSSR count). The molecular formula is C28H33N5O4. The van der Waals surface area contributed by atoms with Crippen molar-refractivity contribution in [2.45, 2.75) is 52.7 Å². The summed E-state index contributed by atoms with van der Waals surface area (Å²) in [6.45, 7) is 9.67. The second-order valence-electron chi connectivity index (χ2n) is 9.72. The van der Waals surface area contributed by atoms with Crippen molar-refractivity contribution in [3.63, 3.8) is 0 Å². The first-order chi connectivity index (χ1) is 17.7. The minimum absolute atomic E-state index is 0.0385. The summed E-state index contributed by atoms with van der Waals surface area (Å²) >= 11 is 0. The van der Waals surface area contributed by atoms with Crippen molar-refractivity contribution in [1.82, 2.24) is 20.4 Å². The largest absolute Gasteiger partial charge is 0.490 e. The fourth-order valence-corrected chi connectivity index (χ4v) is 4.53. The molecule has 0 saturated heterocycles. The van der Waals surface area contributed by atoms with E-state index in [0.717, 1.165) is 37.1 Å². The third-order valence-corrected chi connectivity index (χ3v) is 6.41. The lowest BCUT2D eigenvalue weighted by Gasteiger charge is -2.19. The van der Waals surface area contributed by atoms with Gasteiger partial charge in [0.25, 0.3) is 5.89 Å². The molecule has 0 aliphatic carbocycles. The second-order valence-corrected chi connectivity index (χ2v) is 9.72. The predicted molar refractivity (Wildman–Crippen MR) is 139 cm³/mol. The Bertz CT molecular complexity index is 1310. The highest BCUT2D eigenvalue weighted by Gasteiger charge is 2.21. The van der Waals surface area contributed by atoms with Crippen molar-refractivity contribution in [2.24, 2.45) is 0 Å². The van der Waals surface area contributed by atoms with Crippen molar-refractivity contribution >= 4 is 5.91 Å². The van der Waals surface area contributed by atoms with Crippen LogP contribution in [0.5, 0.6) is 5.75 Å². The number of carbonyl (C=O) groups is 1. The number of aromatic nitrogens is 2. The van der Waals surface area contributed by atoms with Gasteiger partial charge >= 0.3 is 0 Å². The van der Waals surface area contributed by atoms with Crippen molar-refractivity contribution in [1.29, 1.82) is 5.26 Å². The molecule has 2 heterocycles. The van der Waals surface area contributed by atoms with E-state index in [1.165, 1.54) is 11.1 Å². The van der Waals surface area contributed by atoms with Gasteiger partial charge in [0.1, 0.15) is 11.8 Å². The summed E-state index contributed by atoms with van der Waals surface area (Å²) in [5.41, 5.74) is 5.58. The minimum atomic E-state index is -0.560. The fourth-order valence-electron chi connectivity index (χ4n) is 4.53. The van der Waals surface area contributed by atoms with Gasteiger partial charge in [-0.1, -0.05) is 17.3 Å². The van der Waals surface area contributed by atoms with Crippen LogP contribution >= 0.6 is 0 Å². The number of rotatable bonds is 8. The van der Waals surface area contributed by atoms with E-state index in [0.29, 0.717) is 35.1 Å². The zero-order valence-electron chi connectivity index (χ0n) is 21.7. The number of nitriles is 1. The van der Waals surface area contributed by atoms with E-state index in [4.69, 9.17) is 9.26 Å². The molecule has 9 heteroatoms. The van der Waals surface area contributed by atoms with Gasteiger partial charge in [-0.2, -0.15) is 10.2 Å². The number of fused-ring (bicyclic) bond motifs is 1. The third kappa shape index (κ3) is 6.34. The number of nitrogens with zero attached hydrogens (tertiary/aromatic N) is 4. The van der Waals surface area contributed by atoms with Gasteiger partial charge in [-0.05, 0) is 75.4 Å². The zero-order chi connectivity index (χ0) is 26.5. The Morgan fingerprint density at radius 3 is 2.76 bits per heavy atom. The molecule has 3 aromatic rings. The van der Waals surface area contributed by atoms with Crippen LogP contribution < -0.4 is 10.1 Å². The highest BCUT2D eigenvalue weighted by molar-refractivity contribution is 5.78. The number of aliphatic hydroxyl groups is 1. The summed E-state index contributed by atoms with van der Waals surface area (Å²) in [5, 5.41) is 25.9. The van der Waals surface area contributed by atoms with Gasteiger partial charge < -0.3 is 19.7 Å². The first kappa shape index (κ1) is 26.3. The number of amides is 1. The molecule has 37 heavy (non-hydrogen) atoms. The number of hydrogen-bond donors (Lipinski definition) is 2. The Labute approximate surface area is 217 Å². The maximum atomic E-state index is 12.2. The topological polar surface area (TPSA) is 125 Å². The molecule has 0 unspecified atom stereocenters. The SMILES string of the molecule is Cc1c(-c2noc(-c3ccc(OC(C)C)c(C#N)c3)n2)ccc2c1CCN(CC(=O)NC[C@H](C)O)CC2. The van der Waals surface area contributed by atoms with Crippen LogP contribution in [0.2, 0.25) is 0 Å². The van der Waals surface area contributed by atoms with Crippen LogP contribution in [0.4, 0.5) is 0 Å². The maximum Gasteiger partial charge on any atom is 0.258 e. The monoisotopic (exact) mass is 503 g/mol. The predicted octanol–water partition coefficient (Wildman–Crippen LogP) is 3.27. The molecule has 1 amide bonds. The van der Waals surface area contributed by atoms with Gasteiger partial charge in [-0.15, -0.1) is 0 Å². The molecule has 0 saturated carbocycles. The molecule has 2 N–H and O–H groups in total. The smallest absolute Gasteiger partial charge is 0.258 e. The minimum Gasteiger partial charge on any atom is -0.490 e. The van der Waals surface area contributed by atoms with Crippen molar-refractivity contribution < 1.29 is 19.2 Å². The Hall–Kier alpha value is -3.74. The Balaban J connectivity index is 1.51. The first-order valence-corrected chi connectivity index (χ1v) is 12.6. The summed E-state index contributed by atoms with van der Waals surface area (Å²) in [5.74, 6) is 1.28. The van der Waals surface area contributed by atoms with Crippen LogP contribution in [0, 0.1) is 18.3 Å². The van der Waals surface area contributed by atoms with Gasteiger partial charge in [0.15, 0.2) is 0 Å². The molecule has 194 valence electrons. The van der Waals surface area contributed by atoms with Gasteiger partial charge in [-0.3, -0.25) is 9.69 Å². The molecule has 0 spiro atoms. The average Bonchev–Trinajstić information content (AvgIpc) is 3.25. The van der Waals surface area contributed by atoms with E-state index in [1.807, 2.05) is 26.0 Å².